The molecule has 84 valence electrons. The summed E-state index contributed by atoms with van der Waals surface area (Å²) in [5, 5.41) is 18.6. The zero-order valence-electron chi connectivity index (χ0n) is 9.20. The monoisotopic (exact) mass is 218 g/mol. The van der Waals surface area contributed by atoms with Gasteiger partial charge in [0.25, 0.3) is 6.71 Å². The van der Waals surface area contributed by atoms with Crippen LogP contribution in [0.2, 0.25) is 12.6 Å². The predicted octanol–water partition coefficient (Wildman–Crippen LogP) is 0.298. The molecular formula is C10H15BN4O. The number of nitriles is 1. The Kier molecular flexibility index (Phi) is 3.60. The summed E-state index contributed by atoms with van der Waals surface area (Å²) in [5.41, 5.74) is 4.73. The van der Waals surface area contributed by atoms with Crippen molar-refractivity contribution in [1.29, 1.82) is 10.7 Å². The third kappa shape index (κ3) is 2.63. The van der Waals surface area contributed by atoms with Crippen molar-refractivity contribution in [3.8, 4) is 5.97 Å². The number of allylic oxidation sites excluding steroid dienone is 1. The molecule has 0 unspecified atom stereocenters. The quantitative estimate of drug-likeness (QED) is 0.653. The van der Waals surface area contributed by atoms with E-state index >= 15 is 0 Å². The smallest absolute Gasteiger partial charge is 0.278 e. The second-order valence-electron chi connectivity index (χ2n) is 4.11. The van der Waals surface area contributed by atoms with E-state index in [4.69, 9.17) is 15.4 Å². The molecule has 6 heteroatoms. The molecule has 0 aromatic carbocycles. The van der Waals surface area contributed by atoms with E-state index in [1.165, 1.54) is 0 Å². The van der Waals surface area contributed by atoms with E-state index < -0.39 is 0 Å². The van der Waals surface area contributed by atoms with Crippen LogP contribution in [0.3, 0.4) is 0 Å². The van der Waals surface area contributed by atoms with Crippen LogP contribution >= 0.6 is 0 Å². The Morgan fingerprint density at radius 3 is 2.81 bits per heavy atom. The maximum absolute atomic E-state index is 8.80. The minimum Gasteiger partial charge on any atom is -0.379 e. The maximum Gasteiger partial charge on any atom is 0.278 e. The highest BCUT2D eigenvalue weighted by atomic mass is 16.5. The van der Waals surface area contributed by atoms with E-state index in [2.05, 4.69) is 16.4 Å². The predicted molar refractivity (Wildman–Crippen MR) is 62.3 cm³/mol. The van der Waals surface area contributed by atoms with Gasteiger partial charge in [0.2, 0.25) is 0 Å². The van der Waals surface area contributed by atoms with Gasteiger partial charge in [0.15, 0.2) is 0 Å². The molecule has 2 rings (SSSR count). The van der Waals surface area contributed by atoms with Crippen LogP contribution in [0.25, 0.3) is 0 Å². The highest BCUT2D eigenvalue weighted by molar-refractivity contribution is 6.74. The molecule has 0 amide bonds. The van der Waals surface area contributed by atoms with E-state index in [0.29, 0.717) is 18.4 Å². The van der Waals surface area contributed by atoms with Gasteiger partial charge in [0.05, 0.1) is 13.2 Å². The van der Waals surface area contributed by atoms with Crippen molar-refractivity contribution in [2.75, 3.05) is 26.3 Å². The summed E-state index contributed by atoms with van der Waals surface area (Å²) in [4.78, 5) is 0. The minimum atomic E-state index is -0.00904. The molecule has 0 aromatic heterocycles. The molecular weight excluding hydrogens is 203 g/mol. The van der Waals surface area contributed by atoms with Crippen molar-refractivity contribution in [2.45, 2.75) is 12.6 Å². The van der Waals surface area contributed by atoms with Crippen LogP contribution in [0, 0.1) is 16.6 Å². The first-order valence-corrected chi connectivity index (χ1v) is 5.55. The first kappa shape index (κ1) is 11.2. The third-order valence-corrected chi connectivity index (χ3v) is 2.92. The van der Waals surface area contributed by atoms with Crippen molar-refractivity contribution in [3.05, 3.63) is 11.8 Å². The number of ether oxygens (including phenoxy) is 1. The number of nitrogens with zero attached hydrogens (tertiary/aromatic N) is 2. The maximum atomic E-state index is 8.80. The fourth-order valence-corrected chi connectivity index (χ4v) is 1.94. The number of hydrogen-bond donors (Lipinski definition) is 2. The van der Waals surface area contributed by atoms with Crippen LogP contribution in [-0.4, -0.2) is 43.7 Å². The molecule has 2 saturated heterocycles. The third-order valence-electron chi connectivity index (χ3n) is 2.92. The summed E-state index contributed by atoms with van der Waals surface area (Å²) >= 11 is 0. The fraction of sp³-hybridized carbons (Fsp3) is 0.600. The number of morpholine rings is 1. The number of rotatable bonds is 2. The second-order valence-corrected chi connectivity index (χ2v) is 4.11. The molecule has 2 fully saturated rings. The van der Waals surface area contributed by atoms with Crippen molar-refractivity contribution in [3.63, 3.8) is 0 Å². The van der Waals surface area contributed by atoms with Crippen LogP contribution in [0.1, 0.15) is 0 Å². The van der Waals surface area contributed by atoms with Crippen molar-refractivity contribution in [1.82, 2.24) is 10.4 Å². The highest BCUT2D eigenvalue weighted by Gasteiger charge is 2.28. The van der Waals surface area contributed by atoms with Gasteiger partial charge in [-0.1, -0.05) is 0 Å². The number of hydrogen-bond acceptors (Lipinski definition) is 5. The van der Waals surface area contributed by atoms with Gasteiger partial charge in [0, 0.05) is 31.0 Å². The lowest BCUT2D eigenvalue weighted by Gasteiger charge is -2.26. The van der Waals surface area contributed by atoms with Gasteiger partial charge in [0.1, 0.15) is 0 Å². The van der Waals surface area contributed by atoms with E-state index in [1.807, 2.05) is 6.20 Å². The van der Waals surface area contributed by atoms with Crippen LogP contribution in [0.4, 0.5) is 0 Å². The lowest BCUT2D eigenvalue weighted by atomic mass is 9.50. The van der Waals surface area contributed by atoms with Gasteiger partial charge in [-0.15, -0.1) is 0 Å². The fourth-order valence-electron chi connectivity index (χ4n) is 1.94. The molecule has 0 aromatic rings. The molecule has 2 aliphatic heterocycles. The summed E-state index contributed by atoms with van der Waals surface area (Å²) in [7, 11) is 0. The van der Waals surface area contributed by atoms with Crippen molar-refractivity contribution in [2.24, 2.45) is 0 Å². The van der Waals surface area contributed by atoms with Crippen molar-refractivity contribution >= 4 is 12.4 Å². The van der Waals surface area contributed by atoms with Crippen LogP contribution in [0.5, 0.6) is 0 Å². The molecule has 0 saturated carbocycles. The molecule has 0 radical (unpaired) electrons. The van der Waals surface area contributed by atoms with Crippen LogP contribution in [-0.2, 0) is 4.74 Å². The second kappa shape index (κ2) is 5.15. The van der Waals surface area contributed by atoms with Crippen molar-refractivity contribution < 1.29 is 4.74 Å². The Labute approximate surface area is 95.6 Å². The van der Waals surface area contributed by atoms with Gasteiger partial charge in [-0.25, -0.2) is 10.3 Å². The van der Waals surface area contributed by atoms with E-state index in [9.17, 15) is 0 Å². The number of nitrogens with one attached hydrogen (secondary N) is 2. The Balaban J connectivity index is 1.87. The zero-order chi connectivity index (χ0) is 11.4. The summed E-state index contributed by atoms with van der Waals surface area (Å²) in [6.45, 7) is 3.20. The van der Waals surface area contributed by atoms with Crippen LogP contribution < -0.4 is 5.43 Å². The van der Waals surface area contributed by atoms with Crippen LogP contribution in [0.15, 0.2) is 11.8 Å². The van der Waals surface area contributed by atoms with Gasteiger partial charge in [-0.3, -0.25) is 0 Å². The Bertz CT molecular complexity index is 343. The van der Waals surface area contributed by atoms with E-state index in [0.717, 1.165) is 31.9 Å². The molecule has 2 N–H and O–H groups in total. The molecule has 0 atom stereocenters. The van der Waals surface area contributed by atoms with Gasteiger partial charge in [-0.2, -0.15) is 0 Å². The first-order chi connectivity index (χ1) is 7.79. The molecule has 16 heavy (non-hydrogen) atoms. The average molecular weight is 218 g/mol. The summed E-state index contributed by atoms with van der Waals surface area (Å²) in [6, 6.07) is 0. The van der Waals surface area contributed by atoms with Gasteiger partial charge >= 0.3 is 0 Å². The summed E-state index contributed by atoms with van der Waals surface area (Å²) in [6.07, 6.45) is 3.16. The first-order valence-electron chi connectivity index (χ1n) is 5.55. The molecule has 0 bridgehead atoms. The number of hydrazine groups is 1. The SMILES string of the molecule is N#CB1CC(=N)/C(=C\NN2CCOCC2)C1. The lowest BCUT2D eigenvalue weighted by molar-refractivity contribution is 0.0209. The van der Waals surface area contributed by atoms with Gasteiger partial charge in [-0.05, 0) is 18.2 Å². The largest absolute Gasteiger partial charge is 0.379 e. The minimum absolute atomic E-state index is 0.00904. The standard InChI is InChI=1S/C10H15BN4O/c12-8-11-5-9(10(13)6-11)7-14-15-1-3-16-4-2-15/h7,13-14H,1-6H2/b9-7-,13-10?. The van der Waals surface area contributed by atoms with Gasteiger partial charge < -0.3 is 15.6 Å². The molecule has 5 nitrogen and oxygen atoms in total. The molecule has 0 spiro atoms. The Morgan fingerprint density at radius 2 is 2.19 bits per heavy atom. The topological polar surface area (TPSA) is 72.1 Å². The van der Waals surface area contributed by atoms with E-state index in [1.54, 1.807) is 0 Å². The molecule has 2 heterocycles. The highest BCUT2D eigenvalue weighted by Crippen LogP contribution is 2.21. The Hall–Kier alpha value is -1.32. The molecule has 0 aliphatic carbocycles. The normalized spacial score (nSPS) is 24.8. The summed E-state index contributed by atoms with van der Waals surface area (Å²) in [5.74, 6) is 2.22. The van der Waals surface area contributed by atoms with E-state index in [-0.39, 0.29) is 6.71 Å². The zero-order valence-corrected chi connectivity index (χ0v) is 9.20. The average Bonchev–Trinajstić information content (AvgIpc) is 2.69. The molecule has 2 aliphatic rings. The lowest BCUT2D eigenvalue weighted by Crippen LogP contribution is -2.43. The summed E-state index contributed by atoms with van der Waals surface area (Å²) < 4.78 is 5.24. The Morgan fingerprint density at radius 1 is 1.44 bits per heavy atom.